The molecular formula is C27H36O14. The number of aliphatic hydroxyl groups excluding tert-OH is 7. The van der Waals surface area contributed by atoms with E-state index in [1.807, 2.05) is 19.9 Å². The van der Waals surface area contributed by atoms with Gasteiger partial charge in [0, 0.05) is 17.0 Å². The van der Waals surface area contributed by atoms with Crippen LogP contribution in [0.25, 0.3) is 11.0 Å². The summed E-state index contributed by atoms with van der Waals surface area (Å²) in [5, 5.41) is 72.0. The first kappa shape index (κ1) is 31.3. The summed E-state index contributed by atoms with van der Waals surface area (Å²) >= 11 is 0. The van der Waals surface area contributed by atoms with E-state index in [0.29, 0.717) is 10.9 Å². The van der Waals surface area contributed by atoms with E-state index >= 15 is 0 Å². The quantitative estimate of drug-likeness (QED) is 0.129. The molecule has 14 nitrogen and oxygen atoms in total. The third-order valence-corrected chi connectivity index (χ3v) is 7.03. The van der Waals surface area contributed by atoms with Gasteiger partial charge in [-0.1, -0.05) is 11.6 Å². The first-order valence-corrected chi connectivity index (χ1v) is 13.0. The summed E-state index contributed by atoms with van der Waals surface area (Å²) in [5.74, 6) is 0.280. The largest absolute Gasteiger partial charge is 0.493 e. The molecule has 7 N–H and O–H groups in total. The molecule has 2 aliphatic heterocycles. The van der Waals surface area contributed by atoms with Gasteiger partial charge in [0.25, 0.3) is 0 Å². The van der Waals surface area contributed by atoms with Gasteiger partial charge < -0.3 is 63.8 Å². The molecule has 10 unspecified atom stereocenters. The number of ether oxygens (including phenoxy) is 5. The molecule has 10 atom stereocenters. The van der Waals surface area contributed by atoms with Crippen molar-refractivity contribution in [1.82, 2.24) is 0 Å². The van der Waals surface area contributed by atoms with Gasteiger partial charge in [0.05, 0.1) is 20.3 Å². The Labute approximate surface area is 234 Å². The Morgan fingerprint density at radius 2 is 1.54 bits per heavy atom. The lowest BCUT2D eigenvalue weighted by molar-refractivity contribution is -0.323. The van der Waals surface area contributed by atoms with Crippen LogP contribution in [0, 0.1) is 0 Å². The third kappa shape index (κ3) is 6.57. The SMILES string of the molecule is COc1cc2ccc(=O)oc2c(CC=C(C)C)c1OC1OC(COC2OC(CO)C(O)C(O)C2O)C(O)C(O)C1O. The van der Waals surface area contributed by atoms with Gasteiger partial charge in [0.2, 0.25) is 6.29 Å². The molecule has 3 heterocycles. The lowest BCUT2D eigenvalue weighted by Crippen LogP contribution is -2.62. The number of hydrogen-bond acceptors (Lipinski definition) is 14. The van der Waals surface area contributed by atoms with E-state index in [9.17, 15) is 40.5 Å². The number of fused-ring (bicyclic) bond motifs is 1. The van der Waals surface area contributed by atoms with E-state index < -0.39 is 80.3 Å². The van der Waals surface area contributed by atoms with Gasteiger partial charge >= 0.3 is 5.63 Å². The second kappa shape index (κ2) is 13.1. The van der Waals surface area contributed by atoms with Crippen LogP contribution >= 0.6 is 0 Å². The fourth-order valence-electron chi connectivity index (χ4n) is 4.67. The van der Waals surface area contributed by atoms with Crippen LogP contribution in [0.4, 0.5) is 0 Å². The molecule has 228 valence electrons. The Morgan fingerprint density at radius 3 is 2.17 bits per heavy atom. The molecule has 41 heavy (non-hydrogen) atoms. The third-order valence-electron chi connectivity index (χ3n) is 7.03. The summed E-state index contributed by atoms with van der Waals surface area (Å²) in [7, 11) is 1.39. The average molecular weight is 585 g/mol. The molecule has 0 aliphatic carbocycles. The van der Waals surface area contributed by atoms with Gasteiger partial charge in [-0.05, 0) is 32.4 Å². The second-order valence-corrected chi connectivity index (χ2v) is 10.2. The Balaban J connectivity index is 1.61. The van der Waals surface area contributed by atoms with Gasteiger partial charge in [-0.25, -0.2) is 4.79 Å². The fraction of sp³-hybridized carbons (Fsp3) is 0.593. The average Bonchev–Trinajstić information content (AvgIpc) is 2.95. The predicted molar refractivity (Wildman–Crippen MR) is 139 cm³/mol. The van der Waals surface area contributed by atoms with Crippen LogP contribution in [0.5, 0.6) is 11.5 Å². The molecular weight excluding hydrogens is 548 g/mol. The molecule has 1 aromatic heterocycles. The van der Waals surface area contributed by atoms with Crippen LogP contribution in [0.1, 0.15) is 19.4 Å². The van der Waals surface area contributed by atoms with Crippen LogP contribution in [0.3, 0.4) is 0 Å². The maximum Gasteiger partial charge on any atom is 0.336 e. The molecule has 4 rings (SSSR count). The zero-order chi connectivity index (χ0) is 30.0. The van der Waals surface area contributed by atoms with Crippen molar-refractivity contribution in [1.29, 1.82) is 0 Å². The first-order valence-electron chi connectivity index (χ1n) is 13.0. The lowest BCUT2D eigenvalue weighted by atomic mass is 9.98. The van der Waals surface area contributed by atoms with Gasteiger partial charge in [0.1, 0.15) is 54.4 Å². The van der Waals surface area contributed by atoms with Crippen molar-refractivity contribution in [3.05, 3.63) is 45.8 Å². The van der Waals surface area contributed by atoms with Crippen molar-refractivity contribution >= 4 is 11.0 Å². The molecule has 2 saturated heterocycles. The molecule has 2 aliphatic rings. The second-order valence-electron chi connectivity index (χ2n) is 10.2. The van der Waals surface area contributed by atoms with E-state index in [0.717, 1.165) is 5.57 Å². The molecule has 0 bridgehead atoms. The molecule has 14 heteroatoms. The van der Waals surface area contributed by atoms with E-state index in [1.54, 1.807) is 12.1 Å². The monoisotopic (exact) mass is 584 g/mol. The van der Waals surface area contributed by atoms with Crippen molar-refractivity contribution in [2.24, 2.45) is 0 Å². The maximum atomic E-state index is 12.0. The lowest BCUT2D eigenvalue weighted by Gasteiger charge is -2.42. The van der Waals surface area contributed by atoms with Crippen molar-refractivity contribution in [2.45, 2.75) is 81.7 Å². The highest BCUT2D eigenvalue weighted by Gasteiger charge is 2.48. The highest BCUT2D eigenvalue weighted by Crippen LogP contribution is 2.40. The number of aliphatic hydroxyl groups is 7. The van der Waals surface area contributed by atoms with Crippen molar-refractivity contribution in [2.75, 3.05) is 20.3 Å². The van der Waals surface area contributed by atoms with E-state index in [-0.39, 0.29) is 23.5 Å². The topological polar surface area (TPSA) is 218 Å². The maximum absolute atomic E-state index is 12.0. The summed E-state index contributed by atoms with van der Waals surface area (Å²) < 4.78 is 33.5. The number of benzene rings is 1. The number of allylic oxidation sites excluding steroid dienone is 2. The summed E-state index contributed by atoms with van der Waals surface area (Å²) in [6.07, 6.45) is -13.7. The Morgan fingerprint density at radius 1 is 0.902 bits per heavy atom. The molecule has 0 amide bonds. The van der Waals surface area contributed by atoms with Gasteiger partial charge in [-0.2, -0.15) is 0 Å². The van der Waals surface area contributed by atoms with Gasteiger partial charge in [-0.15, -0.1) is 0 Å². The van der Waals surface area contributed by atoms with Gasteiger partial charge in [-0.3, -0.25) is 0 Å². The molecule has 2 fully saturated rings. The Kier molecular flexibility index (Phi) is 10.0. The zero-order valence-electron chi connectivity index (χ0n) is 22.7. The fourth-order valence-corrected chi connectivity index (χ4v) is 4.67. The van der Waals surface area contributed by atoms with Crippen LogP contribution in [0.15, 0.2) is 39.1 Å². The molecule has 0 spiro atoms. The minimum atomic E-state index is -1.76. The Hall–Kier alpha value is -2.63. The van der Waals surface area contributed by atoms with Crippen molar-refractivity contribution in [3.63, 3.8) is 0 Å². The predicted octanol–water partition coefficient (Wildman–Crippen LogP) is -1.69. The minimum Gasteiger partial charge on any atom is -0.493 e. The van der Waals surface area contributed by atoms with Crippen molar-refractivity contribution < 1.29 is 63.8 Å². The summed E-state index contributed by atoms with van der Waals surface area (Å²) in [6, 6.07) is 4.40. The minimum absolute atomic E-state index is 0.0630. The molecule has 0 radical (unpaired) electrons. The van der Waals surface area contributed by atoms with E-state index in [2.05, 4.69) is 0 Å². The molecule has 2 aromatic rings. The first-order chi connectivity index (χ1) is 19.5. The van der Waals surface area contributed by atoms with Crippen molar-refractivity contribution in [3.8, 4) is 11.5 Å². The summed E-state index contributed by atoms with van der Waals surface area (Å²) in [5.41, 5.74) is 0.996. The van der Waals surface area contributed by atoms with E-state index in [1.165, 1.54) is 13.2 Å². The Bertz CT molecular complexity index is 1270. The highest BCUT2D eigenvalue weighted by molar-refractivity contribution is 5.85. The van der Waals surface area contributed by atoms with Gasteiger partial charge in [0.15, 0.2) is 17.8 Å². The summed E-state index contributed by atoms with van der Waals surface area (Å²) in [4.78, 5) is 12.0. The highest BCUT2D eigenvalue weighted by atomic mass is 16.7. The van der Waals surface area contributed by atoms with E-state index in [4.69, 9.17) is 28.1 Å². The zero-order valence-corrected chi connectivity index (χ0v) is 22.7. The standard InChI is InChI=1S/C27H36O14/c1-11(2)4-6-13-24-12(5-7-17(29)40-24)8-14(36-3)25(13)41-27-23(35)21(33)19(31)16(39-27)10-37-26-22(34)20(32)18(30)15(9-28)38-26/h4-5,7-8,15-16,18-23,26-28,30-35H,6,9-10H2,1-3H3. The normalized spacial score (nSPS) is 33.9. The smallest absolute Gasteiger partial charge is 0.336 e. The van der Waals surface area contributed by atoms with Crippen LogP contribution < -0.4 is 15.1 Å². The van der Waals surface area contributed by atoms with Crippen LogP contribution in [-0.4, -0.2) is 117 Å². The number of rotatable bonds is 9. The van der Waals surface area contributed by atoms with Crippen LogP contribution in [-0.2, 0) is 20.6 Å². The molecule has 1 aromatic carbocycles. The number of hydrogen-bond donors (Lipinski definition) is 7. The number of methoxy groups -OCH3 is 1. The molecule has 0 saturated carbocycles. The summed E-state index contributed by atoms with van der Waals surface area (Å²) in [6.45, 7) is 2.56. The van der Waals surface area contributed by atoms with Crippen LogP contribution in [0.2, 0.25) is 0 Å².